The molecule has 164 valence electrons. The Morgan fingerprint density at radius 2 is 2.00 bits per heavy atom. The van der Waals surface area contributed by atoms with Crippen LogP contribution in [0.15, 0.2) is 23.1 Å². The van der Waals surface area contributed by atoms with Crippen LogP contribution in [0.1, 0.15) is 34.9 Å². The molecular formula is C21H23FN4O4S. The summed E-state index contributed by atoms with van der Waals surface area (Å²) < 4.78 is 21.7. The molecule has 1 aromatic heterocycles. The number of carboxylic acid groups (broad SMARTS) is 1. The Balaban J connectivity index is 1.61. The first-order chi connectivity index (χ1) is 15.0. The molecule has 31 heavy (non-hydrogen) atoms. The van der Waals surface area contributed by atoms with E-state index in [2.05, 4.69) is 0 Å². The maximum Gasteiger partial charge on any atom is 0.407 e. The van der Waals surface area contributed by atoms with Crippen LogP contribution in [-0.2, 0) is 10.5 Å². The first kappa shape index (κ1) is 20.3. The van der Waals surface area contributed by atoms with E-state index < -0.39 is 6.09 Å². The van der Waals surface area contributed by atoms with Crippen LogP contribution in [-0.4, -0.2) is 76.1 Å². The fourth-order valence-corrected chi connectivity index (χ4v) is 5.65. The van der Waals surface area contributed by atoms with Gasteiger partial charge in [-0.05, 0) is 18.9 Å². The third-order valence-electron chi connectivity index (χ3n) is 6.11. The topological polar surface area (TPSA) is 87.9 Å². The van der Waals surface area contributed by atoms with E-state index in [4.69, 9.17) is 9.84 Å². The Bertz CT molecular complexity index is 1040. The molecule has 1 unspecified atom stereocenters. The number of rotatable bonds is 2. The summed E-state index contributed by atoms with van der Waals surface area (Å²) in [6.07, 6.45) is 0.501. The molecule has 1 atom stereocenters. The molecule has 2 fully saturated rings. The summed E-state index contributed by atoms with van der Waals surface area (Å²) in [5, 5.41) is 14.2. The van der Waals surface area contributed by atoms with Crippen molar-refractivity contribution in [2.24, 2.45) is 0 Å². The Hall–Kier alpha value is -2.59. The predicted molar refractivity (Wildman–Crippen MR) is 112 cm³/mol. The van der Waals surface area contributed by atoms with Gasteiger partial charge in [0.15, 0.2) is 5.69 Å². The normalized spacial score (nSPS) is 20.9. The minimum absolute atomic E-state index is 0.148. The number of morpholine rings is 1. The second-order valence-corrected chi connectivity index (χ2v) is 8.94. The number of benzene rings is 1. The second kappa shape index (κ2) is 8.16. The molecule has 3 aliphatic rings. The number of aromatic nitrogens is 2. The molecule has 4 heterocycles. The van der Waals surface area contributed by atoms with Gasteiger partial charge in [0.1, 0.15) is 5.82 Å². The van der Waals surface area contributed by atoms with E-state index >= 15 is 0 Å². The molecule has 2 amide bonds. The summed E-state index contributed by atoms with van der Waals surface area (Å²) in [6.45, 7) is 2.79. The quantitative estimate of drug-likeness (QED) is 0.763. The van der Waals surface area contributed by atoms with Crippen LogP contribution in [0.4, 0.5) is 9.18 Å². The van der Waals surface area contributed by atoms with Crippen molar-refractivity contribution in [2.75, 3.05) is 39.4 Å². The van der Waals surface area contributed by atoms with Crippen molar-refractivity contribution in [1.29, 1.82) is 0 Å². The van der Waals surface area contributed by atoms with Crippen molar-refractivity contribution >= 4 is 23.8 Å². The molecular weight excluding hydrogens is 423 g/mol. The minimum Gasteiger partial charge on any atom is -0.465 e. The molecule has 5 rings (SSSR count). The lowest BCUT2D eigenvalue weighted by Gasteiger charge is -2.32. The number of piperidine rings is 1. The number of carbonyl (C=O) groups excluding carboxylic acids is 1. The van der Waals surface area contributed by atoms with E-state index in [1.165, 1.54) is 22.7 Å². The van der Waals surface area contributed by atoms with Gasteiger partial charge in [0.05, 0.1) is 29.8 Å². The molecule has 2 saturated heterocycles. The minimum atomic E-state index is -0.961. The first-order valence-corrected chi connectivity index (χ1v) is 11.4. The monoisotopic (exact) mass is 446 g/mol. The number of carbonyl (C=O) groups is 2. The van der Waals surface area contributed by atoms with Crippen molar-refractivity contribution in [2.45, 2.75) is 29.5 Å². The lowest BCUT2D eigenvalue weighted by Crippen LogP contribution is -2.41. The van der Waals surface area contributed by atoms with E-state index in [1.807, 2.05) is 6.07 Å². The summed E-state index contributed by atoms with van der Waals surface area (Å²) in [5.74, 6) is 0.00625. The smallest absolute Gasteiger partial charge is 0.407 e. The zero-order chi connectivity index (χ0) is 21.5. The number of thioether (sulfide) groups is 1. The van der Waals surface area contributed by atoms with Crippen molar-refractivity contribution in [3.8, 4) is 11.3 Å². The largest absolute Gasteiger partial charge is 0.465 e. The molecule has 1 aromatic carbocycles. The standard InChI is InChI=1S/C21H23FN4O4S/c22-16-5-1-4-14-18-15(12-31-19(14)16)17(20(27)24-7-9-30-10-8-24)23-26(18)13-3-2-6-25(11-13)21(28)29/h1,4-5,13H,2-3,6-12H2,(H,28,29). The Kier molecular flexibility index (Phi) is 5.35. The van der Waals surface area contributed by atoms with Crippen LogP contribution < -0.4 is 0 Å². The van der Waals surface area contributed by atoms with Gasteiger partial charge in [0.2, 0.25) is 0 Å². The number of likely N-dealkylation sites (tertiary alicyclic amines) is 1. The molecule has 10 heteroatoms. The van der Waals surface area contributed by atoms with Gasteiger partial charge >= 0.3 is 6.09 Å². The number of halogens is 1. The zero-order valence-electron chi connectivity index (χ0n) is 16.9. The molecule has 1 N–H and O–H groups in total. The molecule has 0 aliphatic carbocycles. The molecule has 0 saturated carbocycles. The lowest BCUT2D eigenvalue weighted by molar-refractivity contribution is 0.0297. The fourth-order valence-electron chi connectivity index (χ4n) is 4.56. The van der Waals surface area contributed by atoms with Crippen molar-refractivity contribution < 1.29 is 23.8 Å². The Morgan fingerprint density at radius 3 is 2.77 bits per heavy atom. The molecule has 0 bridgehead atoms. The summed E-state index contributed by atoms with van der Waals surface area (Å²) in [7, 11) is 0. The van der Waals surface area contributed by atoms with Gasteiger partial charge in [-0.25, -0.2) is 9.18 Å². The molecule has 2 aromatic rings. The second-order valence-electron chi connectivity index (χ2n) is 7.95. The summed E-state index contributed by atoms with van der Waals surface area (Å²) in [4.78, 5) is 28.6. The van der Waals surface area contributed by atoms with Crippen molar-refractivity contribution in [1.82, 2.24) is 19.6 Å². The predicted octanol–water partition coefficient (Wildman–Crippen LogP) is 3.08. The van der Waals surface area contributed by atoms with E-state index in [0.29, 0.717) is 67.7 Å². The van der Waals surface area contributed by atoms with Crippen LogP contribution in [0.25, 0.3) is 11.3 Å². The Labute approximate surface area is 182 Å². The van der Waals surface area contributed by atoms with E-state index in [1.54, 1.807) is 15.6 Å². The molecule has 0 radical (unpaired) electrons. The highest BCUT2D eigenvalue weighted by Crippen LogP contribution is 2.45. The van der Waals surface area contributed by atoms with Crippen LogP contribution in [0.3, 0.4) is 0 Å². The lowest BCUT2D eigenvalue weighted by atomic mass is 10.0. The van der Waals surface area contributed by atoms with Gasteiger partial charge in [-0.3, -0.25) is 9.48 Å². The van der Waals surface area contributed by atoms with Crippen molar-refractivity contribution in [3.05, 3.63) is 35.3 Å². The number of hydrogen-bond donors (Lipinski definition) is 1. The van der Waals surface area contributed by atoms with Gasteiger partial charge in [-0.15, -0.1) is 11.8 Å². The van der Waals surface area contributed by atoms with Gasteiger partial charge in [-0.2, -0.15) is 5.10 Å². The zero-order valence-corrected chi connectivity index (χ0v) is 17.7. The summed E-state index contributed by atoms with van der Waals surface area (Å²) in [5.41, 5.74) is 2.63. The molecule has 8 nitrogen and oxygen atoms in total. The highest BCUT2D eigenvalue weighted by atomic mass is 32.2. The van der Waals surface area contributed by atoms with Gasteiger partial charge < -0.3 is 19.6 Å². The maximum absolute atomic E-state index is 14.5. The van der Waals surface area contributed by atoms with Crippen LogP contribution in [0, 0.1) is 5.82 Å². The molecule has 0 spiro atoms. The van der Waals surface area contributed by atoms with Crippen LogP contribution >= 0.6 is 11.8 Å². The SMILES string of the molecule is O=C(O)N1CCCC(n2nc(C(=O)N3CCOCC3)c3c2-c2cccc(F)c2SC3)C1. The fraction of sp³-hybridized carbons (Fsp3) is 0.476. The van der Waals surface area contributed by atoms with E-state index in [9.17, 15) is 19.1 Å². The summed E-state index contributed by atoms with van der Waals surface area (Å²) in [6, 6.07) is 4.74. The van der Waals surface area contributed by atoms with E-state index in [0.717, 1.165) is 17.7 Å². The van der Waals surface area contributed by atoms with Gasteiger partial charge in [0, 0.05) is 43.1 Å². The number of ether oxygens (including phenoxy) is 1. The number of amides is 2. The van der Waals surface area contributed by atoms with Crippen molar-refractivity contribution in [3.63, 3.8) is 0 Å². The number of nitrogens with zero attached hydrogens (tertiary/aromatic N) is 4. The first-order valence-electron chi connectivity index (χ1n) is 10.4. The Morgan fingerprint density at radius 1 is 1.19 bits per heavy atom. The third kappa shape index (κ3) is 3.57. The van der Waals surface area contributed by atoms with Crippen LogP contribution in [0.5, 0.6) is 0 Å². The number of hydrogen-bond acceptors (Lipinski definition) is 5. The van der Waals surface area contributed by atoms with Gasteiger partial charge in [-0.1, -0.05) is 12.1 Å². The maximum atomic E-state index is 14.5. The highest BCUT2D eigenvalue weighted by Gasteiger charge is 2.35. The summed E-state index contributed by atoms with van der Waals surface area (Å²) >= 11 is 1.37. The highest BCUT2D eigenvalue weighted by molar-refractivity contribution is 7.98. The van der Waals surface area contributed by atoms with Crippen LogP contribution in [0.2, 0.25) is 0 Å². The third-order valence-corrected chi connectivity index (χ3v) is 7.24. The molecule has 3 aliphatic heterocycles. The average molecular weight is 447 g/mol. The van der Waals surface area contributed by atoms with E-state index in [-0.39, 0.29) is 17.8 Å². The van der Waals surface area contributed by atoms with Gasteiger partial charge in [0.25, 0.3) is 5.91 Å². The average Bonchev–Trinajstić information content (AvgIpc) is 3.20. The number of fused-ring (bicyclic) bond motifs is 3.